The van der Waals surface area contributed by atoms with Crippen LogP contribution in [0.15, 0.2) is 66.2 Å². The molecule has 2 rings (SSSR count). The topological polar surface area (TPSA) is 0 Å². The molecule has 0 aliphatic rings. The normalized spacial score (nSPS) is 10.5. The van der Waals surface area contributed by atoms with Crippen LogP contribution in [0.5, 0.6) is 0 Å². The van der Waals surface area contributed by atoms with Gasteiger partial charge in [0, 0.05) is 16.7 Å². The molecule has 0 aliphatic heterocycles. The molecule has 0 N–H and O–H groups in total. The molecule has 0 unspecified atom stereocenters. The van der Waals surface area contributed by atoms with Gasteiger partial charge in [0.15, 0.2) is 0 Å². The summed E-state index contributed by atoms with van der Waals surface area (Å²) >= 11 is 5.80. The second kappa shape index (κ2) is 5.94. The van der Waals surface area contributed by atoms with E-state index in [1.807, 2.05) is 60.7 Å². The van der Waals surface area contributed by atoms with Gasteiger partial charge in [0.25, 0.3) is 0 Å². The first-order chi connectivity index (χ1) is 8.40. The molecule has 82 valence electrons. The molecule has 17 heavy (non-hydrogen) atoms. The van der Waals surface area contributed by atoms with Crippen LogP contribution in [0.3, 0.4) is 0 Å². The Labute approximate surface area is 107 Å². The van der Waals surface area contributed by atoms with Gasteiger partial charge in [-0.25, -0.2) is 0 Å². The third-order valence-corrected chi connectivity index (χ3v) is 2.53. The zero-order valence-electron chi connectivity index (χ0n) is 9.23. The van der Waals surface area contributed by atoms with Crippen molar-refractivity contribution in [3.8, 4) is 11.8 Å². The van der Waals surface area contributed by atoms with Crippen LogP contribution in [0, 0.1) is 11.8 Å². The number of halogens is 1. The maximum atomic E-state index is 5.80. The first-order valence-corrected chi connectivity index (χ1v) is 5.76. The van der Waals surface area contributed by atoms with Crippen LogP contribution in [0.4, 0.5) is 0 Å². The SMILES string of the molecule is Cl/C=C(\C#Cc1ccccc1)c1ccccc1. The van der Waals surface area contributed by atoms with Crippen LogP contribution < -0.4 is 0 Å². The number of rotatable bonds is 1. The summed E-state index contributed by atoms with van der Waals surface area (Å²) in [5.41, 5.74) is 4.37. The summed E-state index contributed by atoms with van der Waals surface area (Å²) in [4.78, 5) is 0. The molecule has 0 saturated carbocycles. The average Bonchev–Trinajstić information content (AvgIpc) is 2.42. The lowest BCUT2D eigenvalue weighted by molar-refractivity contribution is 1.63. The lowest BCUT2D eigenvalue weighted by atomic mass is 10.1. The Bertz CT molecular complexity index is 557. The second-order valence-corrected chi connectivity index (χ2v) is 3.72. The molecule has 0 aromatic heterocycles. The van der Waals surface area contributed by atoms with Crippen molar-refractivity contribution in [1.29, 1.82) is 0 Å². The lowest BCUT2D eigenvalue weighted by Gasteiger charge is -1.97. The van der Waals surface area contributed by atoms with Gasteiger partial charge in [0.2, 0.25) is 0 Å². The van der Waals surface area contributed by atoms with Gasteiger partial charge < -0.3 is 0 Å². The van der Waals surface area contributed by atoms with E-state index in [1.54, 1.807) is 0 Å². The first kappa shape index (κ1) is 11.5. The Kier molecular flexibility index (Phi) is 4.02. The van der Waals surface area contributed by atoms with Crippen LogP contribution in [-0.4, -0.2) is 0 Å². The number of hydrogen-bond acceptors (Lipinski definition) is 0. The molecule has 0 fully saturated rings. The molecular weight excluding hydrogens is 228 g/mol. The van der Waals surface area contributed by atoms with Gasteiger partial charge in [-0.15, -0.1) is 0 Å². The predicted molar refractivity (Wildman–Crippen MR) is 73.6 cm³/mol. The Balaban J connectivity index is 2.27. The number of allylic oxidation sites excluding steroid dienone is 1. The van der Waals surface area contributed by atoms with Gasteiger partial charge in [0.1, 0.15) is 0 Å². The highest BCUT2D eigenvalue weighted by molar-refractivity contribution is 6.29. The highest BCUT2D eigenvalue weighted by Gasteiger charge is 1.95. The zero-order valence-corrected chi connectivity index (χ0v) is 9.98. The van der Waals surface area contributed by atoms with Crippen molar-refractivity contribution in [2.75, 3.05) is 0 Å². The van der Waals surface area contributed by atoms with Crippen LogP contribution in [0.25, 0.3) is 5.57 Å². The smallest absolute Gasteiger partial charge is 0.0434 e. The minimum Gasteiger partial charge on any atom is -0.0916 e. The van der Waals surface area contributed by atoms with Gasteiger partial charge in [-0.05, 0) is 17.7 Å². The molecule has 0 amide bonds. The molecule has 0 nitrogen and oxygen atoms in total. The third-order valence-electron chi connectivity index (χ3n) is 2.31. The zero-order chi connectivity index (χ0) is 11.9. The highest BCUT2D eigenvalue weighted by Crippen LogP contribution is 2.14. The summed E-state index contributed by atoms with van der Waals surface area (Å²) < 4.78 is 0. The van der Waals surface area contributed by atoms with Crippen molar-refractivity contribution in [1.82, 2.24) is 0 Å². The monoisotopic (exact) mass is 238 g/mol. The Morgan fingerprint density at radius 1 is 0.882 bits per heavy atom. The van der Waals surface area contributed by atoms with E-state index in [9.17, 15) is 0 Å². The van der Waals surface area contributed by atoms with Crippen LogP contribution in [0.2, 0.25) is 0 Å². The molecular formula is C16H11Cl. The van der Waals surface area contributed by atoms with E-state index in [1.165, 1.54) is 5.54 Å². The molecule has 0 aliphatic carbocycles. The molecule has 0 atom stereocenters. The fourth-order valence-corrected chi connectivity index (χ4v) is 1.62. The highest BCUT2D eigenvalue weighted by atomic mass is 35.5. The van der Waals surface area contributed by atoms with Crippen molar-refractivity contribution >= 4 is 17.2 Å². The van der Waals surface area contributed by atoms with Crippen LogP contribution in [0.1, 0.15) is 11.1 Å². The maximum Gasteiger partial charge on any atom is 0.0434 e. The molecule has 0 radical (unpaired) electrons. The van der Waals surface area contributed by atoms with Gasteiger partial charge in [-0.1, -0.05) is 72.0 Å². The van der Waals surface area contributed by atoms with Crippen LogP contribution in [-0.2, 0) is 0 Å². The van der Waals surface area contributed by atoms with Gasteiger partial charge in [-0.3, -0.25) is 0 Å². The van der Waals surface area contributed by atoms with E-state index in [-0.39, 0.29) is 0 Å². The van der Waals surface area contributed by atoms with E-state index in [2.05, 4.69) is 11.8 Å². The summed E-state index contributed by atoms with van der Waals surface area (Å²) in [7, 11) is 0. The molecule has 2 aromatic carbocycles. The van der Waals surface area contributed by atoms with Crippen LogP contribution >= 0.6 is 11.6 Å². The van der Waals surface area contributed by atoms with Gasteiger partial charge in [0.05, 0.1) is 0 Å². The Morgan fingerprint density at radius 2 is 1.47 bits per heavy atom. The van der Waals surface area contributed by atoms with E-state index >= 15 is 0 Å². The van der Waals surface area contributed by atoms with Crippen molar-refractivity contribution < 1.29 is 0 Å². The number of benzene rings is 2. The minimum absolute atomic E-state index is 0.830. The molecule has 1 heteroatoms. The summed E-state index contributed by atoms with van der Waals surface area (Å²) in [6.45, 7) is 0. The van der Waals surface area contributed by atoms with Gasteiger partial charge >= 0.3 is 0 Å². The molecule has 0 saturated heterocycles. The molecule has 0 heterocycles. The van der Waals surface area contributed by atoms with Crippen molar-refractivity contribution in [2.24, 2.45) is 0 Å². The predicted octanol–water partition coefficient (Wildman–Crippen LogP) is 4.32. The summed E-state index contributed by atoms with van der Waals surface area (Å²) in [5, 5.41) is 0. The van der Waals surface area contributed by atoms with Crippen molar-refractivity contribution in [3.63, 3.8) is 0 Å². The standard InChI is InChI=1S/C16H11Cl/c17-13-16(15-9-5-2-6-10-15)12-11-14-7-3-1-4-8-14/h1-10,13H/b16-13+. The molecule has 0 bridgehead atoms. The lowest BCUT2D eigenvalue weighted by Crippen LogP contribution is -1.79. The van der Waals surface area contributed by atoms with Gasteiger partial charge in [-0.2, -0.15) is 0 Å². The van der Waals surface area contributed by atoms with Crippen molar-refractivity contribution in [3.05, 3.63) is 77.3 Å². The average molecular weight is 239 g/mol. The molecule has 0 spiro atoms. The summed E-state index contributed by atoms with van der Waals surface area (Å²) in [6.07, 6.45) is 0. The largest absolute Gasteiger partial charge is 0.0916 e. The minimum atomic E-state index is 0.830. The fourth-order valence-electron chi connectivity index (χ4n) is 1.44. The van der Waals surface area contributed by atoms with Crippen molar-refractivity contribution in [2.45, 2.75) is 0 Å². The second-order valence-electron chi connectivity index (χ2n) is 3.50. The number of hydrogen-bond donors (Lipinski definition) is 0. The van der Waals surface area contributed by atoms with E-state index in [4.69, 9.17) is 11.6 Å². The Morgan fingerprint density at radius 3 is 2.06 bits per heavy atom. The van der Waals surface area contributed by atoms with E-state index in [0.717, 1.165) is 16.7 Å². The molecule has 2 aromatic rings. The summed E-state index contributed by atoms with van der Waals surface area (Å²) in [5.74, 6) is 6.17. The summed E-state index contributed by atoms with van der Waals surface area (Å²) in [6, 6.07) is 19.8. The maximum absolute atomic E-state index is 5.80. The fraction of sp³-hybridized carbons (Fsp3) is 0. The third kappa shape index (κ3) is 3.24. The van der Waals surface area contributed by atoms with E-state index < -0.39 is 0 Å². The Hall–Kier alpha value is -1.97. The van der Waals surface area contributed by atoms with E-state index in [0.29, 0.717) is 0 Å². The first-order valence-electron chi connectivity index (χ1n) is 5.33. The quantitative estimate of drug-likeness (QED) is 0.649.